The Morgan fingerprint density at radius 1 is 1.17 bits per heavy atom. The van der Waals surface area contributed by atoms with Crippen molar-refractivity contribution in [2.24, 2.45) is 0 Å². The number of H-pyrrole nitrogens is 1. The highest BCUT2D eigenvalue weighted by molar-refractivity contribution is 7.90. The zero-order valence-corrected chi connectivity index (χ0v) is 20.2. The first-order valence-corrected chi connectivity index (χ1v) is 13.1. The summed E-state index contributed by atoms with van der Waals surface area (Å²) < 4.78 is 29.9. The molecule has 0 aliphatic carbocycles. The number of aromatic amines is 1. The van der Waals surface area contributed by atoms with Crippen LogP contribution >= 0.6 is 0 Å². The molecule has 0 bridgehead atoms. The van der Waals surface area contributed by atoms with Gasteiger partial charge in [-0.3, -0.25) is 9.78 Å². The Hall–Kier alpha value is -3.92. The fraction of sp³-hybridized carbons (Fsp3) is 0.240. The Balaban J connectivity index is 1.59. The number of sulfone groups is 1. The number of anilines is 1. The molecule has 1 aliphatic rings. The Bertz CT molecular complexity index is 1480. The molecule has 0 spiro atoms. The van der Waals surface area contributed by atoms with Crippen molar-refractivity contribution in [3.63, 3.8) is 0 Å². The molecule has 2 aromatic carbocycles. The van der Waals surface area contributed by atoms with Crippen molar-refractivity contribution < 1.29 is 17.9 Å². The van der Waals surface area contributed by atoms with Gasteiger partial charge < -0.3 is 19.9 Å². The number of fused-ring (bicyclic) bond motifs is 1. The van der Waals surface area contributed by atoms with Crippen LogP contribution in [0.2, 0.25) is 0 Å². The monoisotopic (exact) mass is 491 g/mol. The number of ether oxygens (including phenoxy) is 1. The fourth-order valence-electron chi connectivity index (χ4n) is 4.33. The molecule has 4 aromatic rings. The number of nitrogens with one attached hydrogen (secondary N) is 2. The number of aromatic nitrogens is 3. The topological polar surface area (TPSA) is 117 Å². The molecule has 180 valence electrons. The van der Waals surface area contributed by atoms with E-state index < -0.39 is 9.84 Å². The van der Waals surface area contributed by atoms with E-state index in [-0.39, 0.29) is 16.8 Å². The Morgan fingerprint density at radius 3 is 2.66 bits per heavy atom. The van der Waals surface area contributed by atoms with Gasteiger partial charge in [0.1, 0.15) is 17.5 Å². The van der Waals surface area contributed by atoms with Gasteiger partial charge in [0.05, 0.1) is 21.6 Å². The molecular weight excluding hydrogens is 466 g/mol. The maximum atomic E-state index is 12.6. The van der Waals surface area contributed by atoms with Gasteiger partial charge >= 0.3 is 0 Å². The molecule has 2 aromatic heterocycles. The van der Waals surface area contributed by atoms with Crippen molar-refractivity contribution in [2.75, 3.05) is 24.7 Å². The lowest BCUT2D eigenvalue weighted by Gasteiger charge is -2.27. The number of hydrogen-bond donors (Lipinski definition) is 2. The van der Waals surface area contributed by atoms with Crippen LogP contribution in [-0.2, 0) is 14.6 Å². The number of hydrogen-bond acceptors (Lipinski definition) is 7. The van der Waals surface area contributed by atoms with Gasteiger partial charge in [-0.15, -0.1) is 0 Å². The van der Waals surface area contributed by atoms with Crippen LogP contribution in [0.25, 0.3) is 22.6 Å². The average Bonchev–Trinajstić information content (AvgIpc) is 3.50. The molecule has 5 rings (SSSR count). The zero-order chi connectivity index (χ0) is 24.6. The number of nitrogens with zero attached hydrogens (tertiary/aromatic N) is 3. The summed E-state index contributed by atoms with van der Waals surface area (Å²) in [5, 5.41) is 2.75. The lowest BCUT2D eigenvalue weighted by Crippen LogP contribution is -2.42. The Kier molecular flexibility index (Phi) is 5.89. The first kappa shape index (κ1) is 22.9. The highest BCUT2D eigenvalue weighted by atomic mass is 32.2. The molecule has 1 saturated heterocycles. The van der Waals surface area contributed by atoms with Crippen molar-refractivity contribution in [3.05, 3.63) is 60.8 Å². The van der Waals surface area contributed by atoms with Crippen molar-refractivity contribution in [2.45, 2.75) is 23.8 Å². The van der Waals surface area contributed by atoms with E-state index in [0.29, 0.717) is 35.1 Å². The third-order valence-electron chi connectivity index (χ3n) is 6.06. The number of carbonyl (C=O) groups excluding carboxylic acids is 1. The molecule has 10 heteroatoms. The highest BCUT2D eigenvalue weighted by Gasteiger charge is 2.32. The lowest BCUT2D eigenvalue weighted by molar-refractivity contribution is -0.121. The van der Waals surface area contributed by atoms with Crippen LogP contribution in [0.4, 0.5) is 5.69 Å². The number of carbonyl (C=O) groups is 1. The lowest BCUT2D eigenvalue weighted by atomic mass is 10.1. The second-order valence-electron chi connectivity index (χ2n) is 8.45. The minimum Gasteiger partial charge on any atom is -0.455 e. The number of rotatable bonds is 6. The van der Waals surface area contributed by atoms with Crippen LogP contribution in [0.5, 0.6) is 11.5 Å². The van der Waals surface area contributed by atoms with Gasteiger partial charge in [-0.05, 0) is 55.3 Å². The van der Waals surface area contributed by atoms with Crippen molar-refractivity contribution in [1.82, 2.24) is 20.3 Å². The van der Waals surface area contributed by atoms with E-state index in [1.54, 1.807) is 25.4 Å². The minimum absolute atomic E-state index is 0.0511. The minimum atomic E-state index is -3.31. The highest BCUT2D eigenvalue weighted by Crippen LogP contribution is 2.39. The number of likely N-dealkylation sites (N-methyl/N-ethyl adjacent to an activating group) is 1. The molecule has 2 N–H and O–H groups in total. The summed E-state index contributed by atoms with van der Waals surface area (Å²) in [6.45, 7) is 0.703. The van der Waals surface area contributed by atoms with E-state index in [0.717, 1.165) is 30.3 Å². The van der Waals surface area contributed by atoms with Crippen LogP contribution < -0.4 is 15.0 Å². The van der Waals surface area contributed by atoms with Crippen LogP contribution in [0, 0.1) is 0 Å². The molecule has 0 saturated carbocycles. The molecular formula is C25H25N5O4S. The summed E-state index contributed by atoms with van der Waals surface area (Å²) >= 11 is 0. The van der Waals surface area contributed by atoms with E-state index in [1.165, 1.54) is 12.1 Å². The molecule has 0 radical (unpaired) electrons. The van der Waals surface area contributed by atoms with Crippen molar-refractivity contribution >= 4 is 32.5 Å². The first-order chi connectivity index (χ1) is 16.8. The van der Waals surface area contributed by atoms with Crippen LogP contribution in [-0.4, -0.2) is 55.2 Å². The largest absolute Gasteiger partial charge is 0.455 e. The predicted molar refractivity (Wildman–Crippen MR) is 133 cm³/mol. The standard InChI is InChI=1S/C25H25N5O4S/c1-26-25(31)21-7-5-13-30(21)22-14-19-20(29-24(28-19)18-6-3-4-12-27-18)15-23(22)34-16-8-10-17(11-9-16)35(2,32)33/h3-4,6,8-12,14-15,21H,5,7,13H2,1-2H3,(H,26,31)(H,28,29). The third-order valence-corrected chi connectivity index (χ3v) is 7.19. The van der Waals surface area contributed by atoms with Crippen LogP contribution in [0.3, 0.4) is 0 Å². The maximum absolute atomic E-state index is 12.6. The zero-order valence-electron chi connectivity index (χ0n) is 19.4. The molecule has 1 amide bonds. The summed E-state index contributed by atoms with van der Waals surface area (Å²) in [6, 6.07) is 15.3. The van der Waals surface area contributed by atoms with E-state index in [2.05, 4.69) is 15.3 Å². The number of pyridine rings is 1. The predicted octanol–water partition coefficient (Wildman–Crippen LogP) is 3.54. The first-order valence-electron chi connectivity index (χ1n) is 11.2. The van der Waals surface area contributed by atoms with Crippen LogP contribution in [0.1, 0.15) is 12.8 Å². The van der Waals surface area contributed by atoms with Gasteiger partial charge in [0, 0.05) is 32.1 Å². The molecule has 1 aliphatic heterocycles. The third kappa shape index (κ3) is 4.57. The number of benzene rings is 2. The summed E-state index contributed by atoms with van der Waals surface area (Å²) in [7, 11) is -1.68. The quantitative estimate of drug-likeness (QED) is 0.424. The number of amides is 1. The van der Waals surface area contributed by atoms with Crippen molar-refractivity contribution in [3.8, 4) is 23.0 Å². The SMILES string of the molecule is CNC(=O)C1CCCN1c1cc2[nH]c(-c3ccccn3)nc2cc1Oc1ccc(S(C)(=O)=O)cc1. The van der Waals surface area contributed by atoms with Gasteiger partial charge in [-0.25, -0.2) is 13.4 Å². The van der Waals surface area contributed by atoms with Gasteiger partial charge in [0.2, 0.25) is 5.91 Å². The molecule has 1 atom stereocenters. The second kappa shape index (κ2) is 9.03. The van der Waals surface area contributed by atoms with Gasteiger partial charge in [-0.1, -0.05) is 6.07 Å². The Labute approximate surface area is 203 Å². The normalized spacial score (nSPS) is 15.9. The van der Waals surface area contributed by atoms with E-state index in [9.17, 15) is 13.2 Å². The molecule has 9 nitrogen and oxygen atoms in total. The second-order valence-corrected chi connectivity index (χ2v) is 10.5. The number of imidazole rings is 1. The van der Waals surface area contributed by atoms with E-state index in [1.807, 2.05) is 35.2 Å². The average molecular weight is 492 g/mol. The van der Waals surface area contributed by atoms with E-state index in [4.69, 9.17) is 9.72 Å². The van der Waals surface area contributed by atoms with Gasteiger partial charge in [-0.2, -0.15) is 0 Å². The van der Waals surface area contributed by atoms with Gasteiger partial charge in [0.15, 0.2) is 21.4 Å². The summed E-state index contributed by atoms with van der Waals surface area (Å²) in [5.41, 5.74) is 2.95. The maximum Gasteiger partial charge on any atom is 0.242 e. The smallest absolute Gasteiger partial charge is 0.242 e. The summed E-state index contributed by atoms with van der Waals surface area (Å²) in [6.07, 6.45) is 4.49. The molecule has 1 fully saturated rings. The van der Waals surface area contributed by atoms with E-state index >= 15 is 0 Å². The molecule has 35 heavy (non-hydrogen) atoms. The Morgan fingerprint density at radius 2 is 1.97 bits per heavy atom. The fourth-order valence-corrected chi connectivity index (χ4v) is 4.96. The summed E-state index contributed by atoms with van der Waals surface area (Å²) in [5.74, 6) is 1.59. The van der Waals surface area contributed by atoms with Crippen LogP contribution in [0.15, 0.2) is 65.7 Å². The van der Waals surface area contributed by atoms with Crippen molar-refractivity contribution in [1.29, 1.82) is 0 Å². The molecule has 1 unspecified atom stereocenters. The summed E-state index contributed by atoms with van der Waals surface area (Å²) in [4.78, 5) is 27.2. The van der Waals surface area contributed by atoms with Gasteiger partial charge in [0.25, 0.3) is 0 Å². The molecule has 3 heterocycles.